The van der Waals surface area contributed by atoms with Crippen LogP contribution < -0.4 is 0 Å². The summed E-state index contributed by atoms with van der Waals surface area (Å²) in [5.41, 5.74) is -1.20. The monoisotopic (exact) mass is 386 g/mol. The maximum atomic E-state index is 14.8. The lowest BCUT2D eigenvalue weighted by Gasteiger charge is -2.57. The van der Waals surface area contributed by atoms with Crippen molar-refractivity contribution in [1.29, 1.82) is 0 Å². The summed E-state index contributed by atoms with van der Waals surface area (Å²) in [6.07, 6.45) is 0.498. The zero-order valence-electron chi connectivity index (χ0n) is 15.3. The summed E-state index contributed by atoms with van der Waals surface area (Å²) in [5.74, 6) is -2.29. The van der Waals surface area contributed by atoms with Crippen molar-refractivity contribution in [2.75, 3.05) is 13.2 Å². The molecule has 0 aromatic carbocycles. The smallest absolute Gasteiger partial charge is 0.405 e. The normalized spacial score (nSPS) is 31.3. The molecule has 8 heteroatoms. The SMILES string of the molecule is C=C(C)C(=O)OCC(=O)OCC(=O)OC(F)(F)C12CC3CC(CC(C3)C1)C2. The standard InChI is InChI=1S/C19H24F2O6/c1-11(2)17(24)26-9-15(22)25-10-16(23)27-19(20,21)18-6-12-3-13(7-18)5-14(4-12)8-18/h12-14H,1,3-10H2,2H3. The van der Waals surface area contributed by atoms with Gasteiger partial charge in [0.05, 0.1) is 5.41 Å². The number of halogens is 2. The molecule has 4 saturated carbocycles. The summed E-state index contributed by atoms with van der Waals surface area (Å²) in [6, 6.07) is 0. The van der Waals surface area contributed by atoms with Crippen LogP contribution in [0.2, 0.25) is 0 Å². The van der Waals surface area contributed by atoms with Gasteiger partial charge in [-0.05, 0) is 63.2 Å². The number of ether oxygens (including phenoxy) is 3. The van der Waals surface area contributed by atoms with Crippen LogP contribution in [-0.4, -0.2) is 37.2 Å². The molecular weight excluding hydrogens is 362 g/mol. The molecule has 150 valence electrons. The Labute approximate surface area is 156 Å². The number of alkyl halides is 2. The first-order valence-corrected chi connectivity index (χ1v) is 9.18. The number of rotatable bonds is 7. The van der Waals surface area contributed by atoms with E-state index in [1.807, 2.05) is 0 Å². The maximum Gasteiger partial charge on any atom is 0.405 e. The third kappa shape index (κ3) is 4.14. The van der Waals surface area contributed by atoms with E-state index in [0.717, 1.165) is 19.3 Å². The summed E-state index contributed by atoms with van der Waals surface area (Å²) in [7, 11) is 0. The highest BCUT2D eigenvalue weighted by molar-refractivity contribution is 5.88. The Hall–Kier alpha value is -1.99. The van der Waals surface area contributed by atoms with E-state index in [1.54, 1.807) is 0 Å². The van der Waals surface area contributed by atoms with E-state index < -0.39 is 42.6 Å². The summed E-state index contributed by atoms with van der Waals surface area (Å²) in [5, 5.41) is 0. The van der Waals surface area contributed by atoms with E-state index >= 15 is 0 Å². The van der Waals surface area contributed by atoms with Gasteiger partial charge in [0.15, 0.2) is 13.2 Å². The Morgan fingerprint density at radius 3 is 1.93 bits per heavy atom. The van der Waals surface area contributed by atoms with Crippen molar-refractivity contribution < 1.29 is 37.4 Å². The van der Waals surface area contributed by atoms with Crippen LogP contribution in [0.5, 0.6) is 0 Å². The molecule has 6 nitrogen and oxygen atoms in total. The van der Waals surface area contributed by atoms with Crippen molar-refractivity contribution in [3.63, 3.8) is 0 Å². The van der Waals surface area contributed by atoms with Crippen molar-refractivity contribution in [1.82, 2.24) is 0 Å². The molecule has 0 atom stereocenters. The van der Waals surface area contributed by atoms with Gasteiger partial charge < -0.3 is 14.2 Å². The average Bonchev–Trinajstić information content (AvgIpc) is 2.56. The number of carbonyl (C=O) groups excluding carboxylic acids is 3. The summed E-state index contributed by atoms with van der Waals surface area (Å²) >= 11 is 0. The second-order valence-corrected chi connectivity index (χ2v) is 8.21. The predicted octanol–water partition coefficient (Wildman–Crippen LogP) is 3.00. The fourth-order valence-corrected chi connectivity index (χ4v) is 5.18. The third-order valence-electron chi connectivity index (χ3n) is 5.92. The van der Waals surface area contributed by atoms with Gasteiger partial charge >= 0.3 is 24.0 Å². The highest BCUT2D eigenvalue weighted by atomic mass is 19.3. The zero-order valence-corrected chi connectivity index (χ0v) is 15.3. The van der Waals surface area contributed by atoms with Gasteiger partial charge in [0, 0.05) is 5.57 Å². The highest BCUT2D eigenvalue weighted by Crippen LogP contribution is 2.65. The van der Waals surface area contributed by atoms with Gasteiger partial charge in [-0.1, -0.05) is 6.58 Å². The first-order chi connectivity index (χ1) is 12.6. The number of esters is 3. The summed E-state index contributed by atoms with van der Waals surface area (Å²) in [4.78, 5) is 34.4. The molecular formula is C19H24F2O6. The van der Waals surface area contributed by atoms with Gasteiger partial charge in [-0.2, -0.15) is 8.78 Å². The minimum atomic E-state index is -3.58. The van der Waals surface area contributed by atoms with Crippen LogP contribution in [0.4, 0.5) is 8.78 Å². The van der Waals surface area contributed by atoms with E-state index in [4.69, 9.17) is 0 Å². The molecule has 0 N–H and O–H groups in total. The van der Waals surface area contributed by atoms with Crippen molar-refractivity contribution in [3.8, 4) is 0 Å². The first kappa shape index (κ1) is 19.8. The summed E-state index contributed by atoms with van der Waals surface area (Å²) in [6.45, 7) is 3.06. The second kappa shape index (κ2) is 7.20. The molecule has 0 heterocycles. The molecule has 0 spiro atoms. The Balaban J connectivity index is 1.49. The van der Waals surface area contributed by atoms with Gasteiger partial charge in [-0.15, -0.1) is 0 Å². The minimum Gasteiger partial charge on any atom is -0.451 e. The average molecular weight is 386 g/mol. The number of hydrogen-bond donors (Lipinski definition) is 0. The Bertz CT molecular complexity index is 621. The zero-order chi connectivity index (χ0) is 19.8. The minimum absolute atomic E-state index is 0.0948. The van der Waals surface area contributed by atoms with Gasteiger partial charge in [0.2, 0.25) is 0 Å². The fraction of sp³-hybridized carbons (Fsp3) is 0.737. The van der Waals surface area contributed by atoms with E-state index in [2.05, 4.69) is 20.8 Å². The van der Waals surface area contributed by atoms with Crippen molar-refractivity contribution in [2.24, 2.45) is 23.2 Å². The molecule has 0 aromatic heterocycles. The Morgan fingerprint density at radius 2 is 1.44 bits per heavy atom. The predicted molar refractivity (Wildman–Crippen MR) is 88.4 cm³/mol. The fourth-order valence-electron chi connectivity index (χ4n) is 5.18. The molecule has 4 bridgehead atoms. The van der Waals surface area contributed by atoms with Crippen molar-refractivity contribution in [2.45, 2.75) is 51.6 Å². The molecule has 4 fully saturated rings. The van der Waals surface area contributed by atoms with E-state index in [9.17, 15) is 23.2 Å². The van der Waals surface area contributed by atoms with Crippen LogP contribution >= 0.6 is 0 Å². The maximum absolute atomic E-state index is 14.8. The van der Waals surface area contributed by atoms with Crippen LogP contribution in [0.1, 0.15) is 45.4 Å². The van der Waals surface area contributed by atoms with Crippen molar-refractivity contribution >= 4 is 17.9 Å². The van der Waals surface area contributed by atoms with E-state index in [1.165, 1.54) is 6.92 Å². The Kier molecular flexibility index (Phi) is 5.27. The van der Waals surface area contributed by atoms with Crippen molar-refractivity contribution in [3.05, 3.63) is 12.2 Å². The van der Waals surface area contributed by atoms with E-state index in [0.29, 0.717) is 19.3 Å². The molecule has 4 aliphatic carbocycles. The van der Waals surface area contributed by atoms with Crippen LogP contribution in [0.15, 0.2) is 12.2 Å². The molecule has 0 aliphatic heterocycles. The molecule has 4 rings (SSSR count). The largest absolute Gasteiger partial charge is 0.451 e. The molecule has 4 aliphatic rings. The van der Waals surface area contributed by atoms with Gasteiger partial charge in [0.25, 0.3) is 0 Å². The number of carbonyl (C=O) groups is 3. The quantitative estimate of drug-likeness (QED) is 0.380. The second-order valence-electron chi connectivity index (χ2n) is 8.21. The lowest BCUT2D eigenvalue weighted by Crippen LogP contribution is -2.56. The van der Waals surface area contributed by atoms with Gasteiger partial charge in [0.1, 0.15) is 0 Å². The molecule has 0 radical (unpaired) electrons. The third-order valence-corrected chi connectivity index (χ3v) is 5.92. The molecule has 0 aromatic rings. The molecule has 0 unspecified atom stereocenters. The first-order valence-electron chi connectivity index (χ1n) is 9.18. The molecule has 0 saturated heterocycles. The molecule has 0 amide bonds. The topological polar surface area (TPSA) is 78.9 Å². The lowest BCUT2D eigenvalue weighted by atomic mass is 9.49. The van der Waals surface area contributed by atoms with Crippen LogP contribution in [-0.2, 0) is 28.6 Å². The number of hydrogen-bond acceptors (Lipinski definition) is 6. The lowest BCUT2D eigenvalue weighted by molar-refractivity contribution is -0.323. The Morgan fingerprint density at radius 1 is 0.963 bits per heavy atom. The molecule has 27 heavy (non-hydrogen) atoms. The van der Waals surface area contributed by atoms with Gasteiger partial charge in [-0.3, -0.25) is 0 Å². The van der Waals surface area contributed by atoms with Gasteiger partial charge in [-0.25, -0.2) is 14.4 Å². The van der Waals surface area contributed by atoms with E-state index in [-0.39, 0.29) is 23.3 Å². The van der Waals surface area contributed by atoms with Crippen LogP contribution in [0, 0.1) is 23.2 Å². The van der Waals surface area contributed by atoms with Crippen LogP contribution in [0.25, 0.3) is 0 Å². The van der Waals surface area contributed by atoms with Crippen LogP contribution in [0.3, 0.4) is 0 Å². The highest BCUT2D eigenvalue weighted by Gasteiger charge is 2.64. The summed E-state index contributed by atoms with van der Waals surface area (Å²) < 4.78 is 43.2.